The van der Waals surface area contributed by atoms with Gasteiger partial charge in [0.05, 0.1) is 17.9 Å². The molecule has 6 nitrogen and oxygen atoms in total. The van der Waals surface area contributed by atoms with E-state index in [-0.39, 0.29) is 30.9 Å². The molecule has 4 N–H and O–H groups in total. The summed E-state index contributed by atoms with van der Waals surface area (Å²) in [5, 5.41) is 3.27. The number of likely N-dealkylation sites (tertiary alicyclic amines) is 1. The van der Waals surface area contributed by atoms with Crippen LogP contribution >= 0.6 is 0 Å². The van der Waals surface area contributed by atoms with Gasteiger partial charge in [0.1, 0.15) is 17.5 Å². The summed E-state index contributed by atoms with van der Waals surface area (Å²) in [6.45, 7) is 13.2. The molecule has 2 aromatic carbocycles. The number of aromatic nitrogens is 2. The number of terminal acetylenes is 1. The van der Waals surface area contributed by atoms with Crippen molar-refractivity contribution >= 4 is 22.5 Å². The number of nitrogens with two attached hydrogens (primary N) is 1. The minimum atomic E-state index is -2.69. The molecule has 0 saturated carbocycles. The third-order valence-corrected chi connectivity index (χ3v) is 8.05. The lowest BCUT2D eigenvalue weighted by atomic mass is 9.97. The smallest absolute Gasteiger partial charge is 0.261 e. The summed E-state index contributed by atoms with van der Waals surface area (Å²) in [5.41, 5.74) is 12.1. The molecule has 49 heavy (non-hydrogen) atoms. The van der Waals surface area contributed by atoms with Gasteiger partial charge in [-0.25, -0.2) is 22.5 Å². The first-order valence-electron chi connectivity index (χ1n) is 15.9. The first-order chi connectivity index (χ1) is 23.3. The molecular formula is C39H46F4N6. The number of rotatable bonds is 14. The quantitative estimate of drug-likeness (QED) is 0.0703. The summed E-state index contributed by atoms with van der Waals surface area (Å²) >= 11 is 0. The topological polar surface area (TPSA) is 73.2 Å². The highest BCUT2D eigenvalue weighted by atomic mass is 19.3. The van der Waals surface area contributed by atoms with Crippen molar-refractivity contribution in [3.05, 3.63) is 125 Å². The van der Waals surface area contributed by atoms with Crippen molar-refractivity contribution in [2.75, 3.05) is 57.9 Å². The molecule has 4 rings (SSSR count). The summed E-state index contributed by atoms with van der Waals surface area (Å²) in [7, 11) is 3.94. The molecule has 0 spiro atoms. The van der Waals surface area contributed by atoms with E-state index in [4.69, 9.17) is 10.7 Å². The predicted octanol–water partition coefficient (Wildman–Crippen LogP) is 7.87. The largest absolute Gasteiger partial charge is 0.396 e. The molecule has 0 radical (unpaired) electrons. The maximum atomic E-state index is 15.2. The Kier molecular flexibility index (Phi) is 13.8. The van der Waals surface area contributed by atoms with Crippen LogP contribution in [0.25, 0.3) is 11.1 Å². The zero-order valence-corrected chi connectivity index (χ0v) is 28.7. The van der Waals surface area contributed by atoms with Crippen LogP contribution in [0.4, 0.5) is 28.9 Å². The van der Waals surface area contributed by atoms with E-state index in [1.54, 1.807) is 23.1 Å². The Morgan fingerprint density at radius 3 is 2.49 bits per heavy atom. The average molecular weight is 675 g/mol. The van der Waals surface area contributed by atoms with Crippen molar-refractivity contribution in [3.8, 4) is 12.8 Å². The lowest BCUT2D eigenvalue weighted by Gasteiger charge is -2.17. The number of allylic oxidation sites excluding steroid dienone is 5. The van der Waals surface area contributed by atoms with E-state index in [2.05, 4.69) is 36.3 Å². The van der Waals surface area contributed by atoms with Crippen LogP contribution in [0.15, 0.2) is 79.4 Å². The van der Waals surface area contributed by atoms with Crippen molar-refractivity contribution in [2.45, 2.75) is 32.6 Å². The number of H-pyrrole nitrogens is 1. The van der Waals surface area contributed by atoms with E-state index in [1.165, 1.54) is 18.2 Å². The van der Waals surface area contributed by atoms with Crippen molar-refractivity contribution in [3.63, 3.8) is 0 Å². The van der Waals surface area contributed by atoms with Crippen molar-refractivity contribution in [1.82, 2.24) is 19.8 Å². The van der Waals surface area contributed by atoms with Crippen molar-refractivity contribution in [2.24, 2.45) is 0 Å². The number of anilines is 2. The molecule has 0 atom stereocenters. The minimum absolute atomic E-state index is 0.00690. The van der Waals surface area contributed by atoms with Gasteiger partial charge in [-0.05, 0) is 86.1 Å². The number of aromatic amines is 1. The molecule has 0 bridgehead atoms. The summed E-state index contributed by atoms with van der Waals surface area (Å²) in [5.74, 6) is -3.10. The van der Waals surface area contributed by atoms with Gasteiger partial charge in [-0.15, -0.1) is 12.8 Å². The normalized spacial score (nSPS) is 15.2. The van der Waals surface area contributed by atoms with Gasteiger partial charge in [0.15, 0.2) is 0 Å². The Hall–Kier alpha value is -4.85. The number of alkyl halides is 2. The second-order valence-corrected chi connectivity index (χ2v) is 12.1. The van der Waals surface area contributed by atoms with Gasteiger partial charge in [-0.1, -0.05) is 43.5 Å². The van der Waals surface area contributed by atoms with Crippen molar-refractivity contribution < 1.29 is 17.6 Å². The third kappa shape index (κ3) is 10.6. The number of nitrogens with zero attached hydrogens (tertiary/aromatic N) is 3. The summed E-state index contributed by atoms with van der Waals surface area (Å²) in [4.78, 5) is 11.9. The Balaban J connectivity index is 0.00000319. The van der Waals surface area contributed by atoms with E-state index >= 15 is 4.39 Å². The molecule has 260 valence electrons. The van der Waals surface area contributed by atoms with E-state index in [9.17, 15) is 13.2 Å². The zero-order valence-electron chi connectivity index (χ0n) is 28.7. The maximum Gasteiger partial charge on any atom is 0.261 e. The molecule has 1 aromatic heterocycles. The Morgan fingerprint density at radius 1 is 1.14 bits per heavy atom. The Labute approximate surface area is 287 Å². The van der Waals surface area contributed by atoms with Crippen LogP contribution in [-0.2, 0) is 6.42 Å². The number of hydrogen-bond acceptors (Lipinski definition) is 5. The second-order valence-electron chi connectivity index (χ2n) is 12.1. The van der Waals surface area contributed by atoms with Gasteiger partial charge >= 0.3 is 0 Å². The Bertz CT molecular complexity index is 1750. The number of halogens is 4. The van der Waals surface area contributed by atoms with Crippen LogP contribution in [0.2, 0.25) is 0 Å². The zero-order chi connectivity index (χ0) is 36.3. The number of nitrogens with one attached hydrogen (secondary N) is 2. The van der Waals surface area contributed by atoms with Crippen LogP contribution in [0.1, 0.15) is 47.2 Å². The fourth-order valence-corrected chi connectivity index (χ4v) is 5.64. The van der Waals surface area contributed by atoms with Gasteiger partial charge in [-0.2, -0.15) is 0 Å². The molecule has 0 aliphatic carbocycles. The van der Waals surface area contributed by atoms with Gasteiger partial charge < -0.3 is 20.9 Å². The van der Waals surface area contributed by atoms with Gasteiger partial charge in [0, 0.05) is 56.0 Å². The first kappa shape index (κ1) is 38.6. The lowest BCUT2D eigenvalue weighted by Crippen LogP contribution is -2.26. The van der Waals surface area contributed by atoms with Gasteiger partial charge in [0.25, 0.3) is 5.92 Å². The van der Waals surface area contributed by atoms with Gasteiger partial charge in [0.2, 0.25) is 0 Å². The van der Waals surface area contributed by atoms with Crippen molar-refractivity contribution in [1.29, 1.82) is 0 Å². The lowest BCUT2D eigenvalue weighted by molar-refractivity contribution is 0.0131. The predicted molar refractivity (Wildman–Crippen MR) is 195 cm³/mol. The molecule has 0 unspecified atom stereocenters. The summed E-state index contributed by atoms with van der Waals surface area (Å²) in [6.07, 6.45) is 16.8. The second kappa shape index (κ2) is 17.5. The third-order valence-electron chi connectivity index (χ3n) is 8.05. The number of aryl methyl sites for hydroxylation is 1. The number of benzene rings is 2. The SMILES string of the molecule is C#C.C=C/C=C(/c1cc(F)cc(NCCN(C)C)c1)c1nc(Cc2cc(C(/C=C(\C=C)CN3CCC(F)(F)C3)=C/C)cc(F)c2N)[nH]c1C. The highest BCUT2D eigenvalue weighted by molar-refractivity contribution is 5.82. The number of nitrogen functional groups attached to an aromatic ring is 1. The highest BCUT2D eigenvalue weighted by Gasteiger charge is 2.38. The van der Waals surface area contributed by atoms with Gasteiger partial charge in [-0.3, -0.25) is 4.90 Å². The van der Waals surface area contributed by atoms with Crippen LogP contribution < -0.4 is 11.1 Å². The summed E-state index contributed by atoms with van der Waals surface area (Å²) < 4.78 is 57.5. The minimum Gasteiger partial charge on any atom is -0.396 e. The van der Waals surface area contributed by atoms with E-state index in [0.717, 1.165) is 17.8 Å². The van der Waals surface area contributed by atoms with E-state index in [1.807, 2.05) is 57.1 Å². The molecule has 3 aromatic rings. The van der Waals surface area contributed by atoms with Crippen LogP contribution in [0.3, 0.4) is 0 Å². The maximum absolute atomic E-state index is 15.2. The molecular weight excluding hydrogens is 628 g/mol. The Morgan fingerprint density at radius 2 is 1.88 bits per heavy atom. The molecule has 0 amide bonds. The molecule has 1 aliphatic rings. The average Bonchev–Trinajstić information content (AvgIpc) is 3.59. The summed E-state index contributed by atoms with van der Waals surface area (Å²) in [6, 6.07) is 7.96. The highest BCUT2D eigenvalue weighted by Crippen LogP contribution is 2.32. The van der Waals surface area contributed by atoms with Crippen LogP contribution in [0, 0.1) is 31.4 Å². The monoisotopic (exact) mass is 674 g/mol. The van der Waals surface area contributed by atoms with Crippen LogP contribution in [0.5, 0.6) is 0 Å². The first-order valence-corrected chi connectivity index (χ1v) is 15.9. The standard InChI is InChI=1S/C37H44F4N6.C2H2/c1-7-10-32(28-17-30(38)21-31(18-28)43-12-14-46(5)6)36-24(4)44-34(45-36)20-29-16-27(19-33(39)35(29)42)26(9-3)15-25(8-2)22-47-13-11-37(40,41)23-47;1-2/h7-10,15-19,21,43H,1-2,11-14,20,22-23,42H2,3-6H3,(H,44,45);1-2H/b25-15+,26-9+,32-10-;. The fraction of sp³-hybridized carbons (Fsp3) is 0.308. The number of likely N-dealkylation sites (N-methyl/N-ethyl adjacent to an activating group) is 1. The number of imidazole rings is 1. The molecule has 2 heterocycles. The molecule has 1 fully saturated rings. The molecule has 1 saturated heterocycles. The van der Waals surface area contributed by atoms with E-state index < -0.39 is 11.7 Å². The van der Waals surface area contributed by atoms with E-state index in [0.29, 0.717) is 64.7 Å². The number of hydrogen-bond donors (Lipinski definition) is 3. The molecule has 1 aliphatic heterocycles. The molecule has 10 heteroatoms. The fourth-order valence-electron chi connectivity index (χ4n) is 5.64. The van der Waals surface area contributed by atoms with Crippen LogP contribution in [-0.4, -0.2) is 72.5 Å².